The molecule has 0 rings (SSSR count). The van der Waals surface area contributed by atoms with Crippen molar-refractivity contribution in [3.63, 3.8) is 0 Å². The van der Waals surface area contributed by atoms with Crippen LogP contribution in [-0.4, -0.2) is 37.2 Å². The normalized spacial score (nSPS) is 12.7. The standard InChI is InChI=1S/C57H96O6/c1-4-7-10-13-16-18-20-22-24-26-28-30-32-34-36-38-41-44-47-50-56(59)62-53-54(52-61-55(58)49-46-43-40-15-12-9-6-3)63-57(60)51-48-45-42-39-37-35-33-31-29-27-25-23-21-19-17-14-11-8-5-2/h7,10,16-19,22-25,28,30,34,36,54H,4-6,8-9,11-15,20-21,26-27,29,31-33,35,37-53H2,1-3H3/b10-7-,18-16-,19-17-,24-22-,25-23-,30-28-,36-34-. The van der Waals surface area contributed by atoms with E-state index in [-0.39, 0.29) is 31.1 Å². The van der Waals surface area contributed by atoms with Gasteiger partial charge in [0.25, 0.3) is 0 Å². The van der Waals surface area contributed by atoms with Crippen LogP contribution in [0.15, 0.2) is 85.1 Å². The van der Waals surface area contributed by atoms with Crippen LogP contribution in [0.3, 0.4) is 0 Å². The van der Waals surface area contributed by atoms with E-state index in [1.807, 2.05) is 0 Å². The zero-order valence-corrected chi connectivity index (χ0v) is 41.1. The van der Waals surface area contributed by atoms with Crippen molar-refractivity contribution in [2.45, 2.75) is 245 Å². The van der Waals surface area contributed by atoms with Gasteiger partial charge in [-0.05, 0) is 96.3 Å². The highest BCUT2D eigenvalue weighted by Gasteiger charge is 2.19. The highest BCUT2D eigenvalue weighted by molar-refractivity contribution is 5.71. The average Bonchev–Trinajstić information content (AvgIpc) is 3.28. The fourth-order valence-corrected chi connectivity index (χ4v) is 6.97. The number of carbonyl (C=O) groups is 3. The molecule has 0 aromatic rings. The molecule has 1 unspecified atom stereocenters. The summed E-state index contributed by atoms with van der Waals surface area (Å²) in [5.41, 5.74) is 0. The lowest BCUT2D eigenvalue weighted by atomic mass is 10.1. The van der Waals surface area contributed by atoms with Crippen LogP contribution in [0, 0.1) is 0 Å². The van der Waals surface area contributed by atoms with Crippen LogP contribution in [0.2, 0.25) is 0 Å². The number of allylic oxidation sites excluding steroid dienone is 14. The lowest BCUT2D eigenvalue weighted by molar-refractivity contribution is -0.167. The van der Waals surface area contributed by atoms with Gasteiger partial charge in [-0.1, -0.05) is 209 Å². The average molecular weight is 877 g/mol. The first-order valence-corrected chi connectivity index (χ1v) is 26.1. The van der Waals surface area contributed by atoms with Gasteiger partial charge < -0.3 is 14.2 Å². The number of esters is 3. The molecule has 360 valence electrons. The van der Waals surface area contributed by atoms with E-state index in [0.717, 1.165) is 103 Å². The van der Waals surface area contributed by atoms with Crippen LogP contribution in [0.25, 0.3) is 0 Å². The van der Waals surface area contributed by atoms with E-state index in [1.165, 1.54) is 96.3 Å². The predicted molar refractivity (Wildman–Crippen MR) is 270 cm³/mol. The Kier molecular flexibility index (Phi) is 48.5. The Bertz CT molecular complexity index is 1240. The second-order valence-corrected chi connectivity index (χ2v) is 17.1. The summed E-state index contributed by atoms with van der Waals surface area (Å²) in [4.78, 5) is 37.8. The molecule has 0 heterocycles. The summed E-state index contributed by atoms with van der Waals surface area (Å²) in [6, 6.07) is 0. The summed E-state index contributed by atoms with van der Waals surface area (Å²) in [7, 11) is 0. The fourth-order valence-electron chi connectivity index (χ4n) is 6.97. The van der Waals surface area contributed by atoms with Crippen molar-refractivity contribution in [3.05, 3.63) is 85.1 Å². The Morgan fingerprint density at radius 1 is 0.333 bits per heavy atom. The van der Waals surface area contributed by atoms with Gasteiger partial charge in [0.05, 0.1) is 0 Å². The molecule has 0 fully saturated rings. The minimum atomic E-state index is -0.789. The SMILES string of the molecule is CC/C=C\C/C=C\C/C=C\C/C=C\C/C=C\CCCCCC(=O)OCC(COC(=O)CCCCCCCCC)OC(=O)CCCCCCCCCCC/C=C\C/C=C\CCCCC. The molecule has 0 aromatic carbocycles. The van der Waals surface area contributed by atoms with Gasteiger partial charge in [-0.2, -0.15) is 0 Å². The molecular formula is C57H96O6. The Labute approximate surface area is 388 Å². The molecule has 0 aromatic heterocycles. The molecule has 0 spiro atoms. The Morgan fingerprint density at radius 3 is 1.02 bits per heavy atom. The highest BCUT2D eigenvalue weighted by atomic mass is 16.6. The second kappa shape index (κ2) is 51.2. The minimum Gasteiger partial charge on any atom is -0.462 e. The van der Waals surface area contributed by atoms with Crippen molar-refractivity contribution >= 4 is 17.9 Å². The topological polar surface area (TPSA) is 78.9 Å². The second-order valence-electron chi connectivity index (χ2n) is 17.1. The van der Waals surface area contributed by atoms with Crippen molar-refractivity contribution < 1.29 is 28.6 Å². The van der Waals surface area contributed by atoms with Crippen LogP contribution < -0.4 is 0 Å². The predicted octanol–water partition coefficient (Wildman–Crippen LogP) is 17.2. The van der Waals surface area contributed by atoms with Crippen molar-refractivity contribution in [2.75, 3.05) is 13.2 Å². The third kappa shape index (κ3) is 49.5. The molecule has 0 aliphatic carbocycles. The van der Waals surface area contributed by atoms with Crippen LogP contribution in [0.5, 0.6) is 0 Å². The smallest absolute Gasteiger partial charge is 0.306 e. The molecule has 0 saturated heterocycles. The number of hydrogen-bond acceptors (Lipinski definition) is 6. The largest absolute Gasteiger partial charge is 0.462 e. The summed E-state index contributed by atoms with van der Waals surface area (Å²) in [6.07, 6.45) is 65.8. The zero-order valence-electron chi connectivity index (χ0n) is 41.1. The molecule has 0 aliphatic rings. The van der Waals surface area contributed by atoms with Crippen LogP contribution in [-0.2, 0) is 28.6 Å². The van der Waals surface area contributed by atoms with E-state index < -0.39 is 6.10 Å². The van der Waals surface area contributed by atoms with Gasteiger partial charge in [0.1, 0.15) is 13.2 Å². The van der Waals surface area contributed by atoms with Crippen molar-refractivity contribution in [2.24, 2.45) is 0 Å². The number of carbonyl (C=O) groups excluding carboxylic acids is 3. The molecule has 0 saturated carbocycles. The molecule has 6 nitrogen and oxygen atoms in total. The van der Waals surface area contributed by atoms with Crippen molar-refractivity contribution in [3.8, 4) is 0 Å². The summed E-state index contributed by atoms with van der Waals surface area (Å²) in [6.45, 7) is 6.42. The minimum absolute atomic E-state index is 0.0889. The Hall–Kier alpha value is -3.41. The lowest BCUT2D eigenvalue weighted by Crippen LogP contribution is -2.30. The molecule has 0 aliphatic heterocycles. The first-order chi connectivity index (χ1) is 31.0. The molecule has 1 atom stereocenters. The Balaban J connectivity index is 4.32. The summed E-state index contributed by atoms with van der Waals surface area (Å²) in [5.74, 6) is -0.934. The van der Waals surface area contributed by atoms with Gasteiger partial charge >= 0.3 is 17.9 Å². The molecule has 0 radical (unpaired) electrons. The number of unbranched alkanes of at least 4 members (excludes halogenated alkanes) is 21. The van der Waals surface area contributed by atoms with Gasteiger partial charge in [-0.25, -0.2) is 0 Å². The molecule has 0 bridgehead atoms. The first-order valence-electron chi connectivity index (χ1n) is 26.1. The van der Waals surface area contributed by atoms with E-state index in [1.54, 1.807) is 0 Å². The maximum Gasteiger partial charge on any atom is 0.306 e. The lowest BCUT2D eigenvalue weighted by Gasteiger charge is -2.18. The van der Waals surface area contributed by atoms with Gasteiger partial charge in [-0.3, -0.25) is 14.4 Å². The van der Waals surface area contributed by atoms with Crippen LogP contribution in [0.4, 0.5) is 0 Å². The van der Waals surface area contributed by atoms with Gasteiger partial charge in [-0.15, -0.1) is 0 Å². The summed E-state index contributed by atoms with van der Waals surface area (Å²) in [5, 5.41) is 0. The molecule has 0 N–H and O–H groups in total. The number of ether oxygens (including phenoxy) is 3. The third-order valence-electron chi connectivity index (χ3n) is 10.9. The molecule has 6 heteroatoms. The molecular weight excluding hydrogens is 781 g/mol. The van der Waals surface area contributed by atoms with E-state index in [0.29, 0.717) is 19.3 Å². The number of rotatable bonds is 46. The van der Waals surface area contributed by atoms with E-state index in [9.17, 15) is 14.4 Å². The third-order valence-corrected chi connectivity index (χ3v) is 10.9. The van der Waals surface area contributed by atoms with Gasteiger partial charge in [0.15, 0.2) is 6.10 Å². The summed E-state index contributed by atoms with van der Waals surface area (Å²) >= 11 is 0. The summed E-state index contributed by atoms with van der Waals surface area (Å²) < 4.78 is 16.7. The zero-order chi connectivity index (χ0) is 45.8. The van der Waals surface area contributed by atoms with E-state index in [2.05, 4.69) is 106 Å². The monoisotopic (exact) mass is 877 g/mol. The quantitative estimate of drug-likeness (QED) is 0.0262. The van der Waals surface area contributed by atoms with Crippen LogP contribution in [0.1, 0.15) is 239 Å². The van der Waals surface area contributed by atoms with Gasteiger partial charge in [0, 0.05) is 19.3 Å². The Morgan fingerprint density at radius 2 is 0.619 bits per heavy atom. The van der Waals surface area contributed by atoms with E-state index >= 15 is 0 Å². The van der Waals surface area contributed by atoms with E-state index in [4.69, 9.17) is 14.2 Å². The first kappa shape index (κ1) is 59.6. The molecule has 0 amide bonds. The maximum absolute atomic E-state index is 12.8. The van der Waals surface area contributed by atoms with Crippen LogP contribution >= 0.6 is 0 Å². The van der Waals surface area contributed by atoms with Gasteiger partial charge in [0.2, 0.25) is 0 Å². The van der Waals surface area contributed by atoms with Crippen molar-refractivity contribution in [1.29, 1.82) is 0 Å². The number of hydrogen-bond donors (Lipinski definition) is 0. The maximum atomic E-state index is 12.8. The molecule has 63 heavy (non-hydrogen) atoms. The van der Waals surface area contributed by atoms with Crippen molar-refractivity contribution in [1.82, 2.24) is 0 Å². The fraction of sp³-hybridized carbons (Fsp3) is 0.702. The highest BCUT2D eigenvalue weighted by Crippen LogP contribution is 2.14.